The first-order valence-corrected chi connectivity index (χ1v) is 11.1. The minimum Gasteiger partial charge on any atom is -0.423 e. The summed E-state index contributed by atoms with van der Waals surface area (Å²) in [5.41, 5.74) is 1.52. The fourth-order valence-electron chi connectivity index (χ4n) is 2.87. The molecule has 0 saturated heterocycles. The van der Waals surface area contributed by atoms with Crippen molar-refractivity contribution in [2.75, 3.05) is 33.0 Å². The number of esters is 1. The summed E-state index contributed by atoms with van der Waals surface area (Å²) in [6.07, 6.45) is 0.182. The Hall–Kier alpha value is -2.29. The molecule has 0 bridgehead atoms. The summed E-state index contributed by atoms with van der Waals surface area (Å²) in [6, 6.07) is 16.2. The van der Waals surface area contributed by atoms with Gasteiger partial charge in [-0.1, -0.05) is 30.3 Å². The Balaban J connectivity index is 1.65. The minimum absolute atomic E-state index is 0.376. The average molecular weight is 447 g/mol. The van der Waals surface area contributed by atoms with Gasteiger partial charge in [0.05, 0.1) is 38.6 Å². The van der Waals surface area contributed by atoms with Gasteiger partial charge in [0, 0.05) is 6.61 Å². The van der Waals surface area contributed by atoms with Crippen LogP contribution in [0.2, 0.25) is 0 Å². The van der Waals surface area contributed by atoms with E-state index in [0.29, 0.717) is 51.0 Å². The van der Waals surface area contributed by atoms with Crippen LogP contribution in [0.1, 0.15) is 49.5 Å². The quantitative estimate of drug-likeness (QED) is 0.156. The van der Waals surface area contributed by atoms with E-state index in [1.165, 1.54) is 0 Å². The highest BCUT2D eigenvalue weighted by atomic mass is 17.0. The van der Waals surface area contributed by atoms with Gasteiger partial charge in [-0.3, -0.25) is 0 Å². The molecular weight excluding hydrogens is 412 g/mol. The molecule has 0 aliphatic rings. The zero-order valence-corrected chi connectivity index (χ0v) is 19.2. The molecule has 0 atom stereocenters. The van der Waals surface area contributed by atoms with Gasteiger partial charge < -0.3 is 28.4 Å². The predicted octanol–water partition coefficient (Wildman–Crippen LogP) is 4.94. The maximum Gasteiger partial charge on any atom is 0.412 e. The Morgan fingerprint density at radius 2 is 1.34 bits per heavy atom. The van der Waals surface area contributed by atoms with Crippen molar-refractivity contribution >= 4 is 5.97 Å². The monoisotopic (exact) mass is 446 g/mol. The number of carbonyl (C=O) groups excluding carboxylic acids is 1. The highest BCUT2D eigenvalue weighted by Crippen LogP contribution is 2.18. The molecule has 0 heterocycles. The molecule has 0 saturated carbocycles. The Kier molecular flexibility index (Phi) is 11.9. The zero-order chi connectivity index (χ0) is 23.1. The first-order valence-electron chi connectivity index (χ1n) is 11.1. The smallest absolute Gasteiger partial charge is 0.412 e. The lowest BCUT2D eigenvalue weighted by Crippen LogP contribution is -2.42. The third-order valence-corrected chi connectivity index (χ3v) is 4.34. The van der Waals surface area contributed by atoms with Gasteiger partial charge in [0.2, 0.25) is 0 Å². The topological polar surface area (TPSA) is 72.5 Å². The lowest BCUT2D eigenvalue weighted by atomic mass is 10.2. The van der Waals surface area contributed by atoms with E-state index in [1.807, 2.05) is 39.0 Å². The van der Waals surface area contributed by atoms with Crippen LogP contribution in [0.3, 0.4) is 0 Å². The summed E-state index contributed by atoms with van der Waals surface area (Å²) in [5, 5.41) is 0. The van der Waals surface area contributed by atoms with Crippen LogP contribution < -0.4 is 4.74 Å². The average Bonchev–Trinajstić information content (AvgIpc) is 2.80. The fraction of sp³-hybridized carbons (Fsp3) is 0.480. The van der Waals surface area contributed by atoms with Crippen molar-refractivity contribution in [1.29, 1.82) is 0 Å². The van der Waals surface area contributed by atoms with Crippen LogP contribution in [0.4, 0.5) is 0 Å². The number of hydrogen-bond acceptors (Lipinski definition) is 7. The predicted molar refractivity (Wildman–Crippen MR) is 120 cm³/mol. The van der Waals surface area contributed by atoms with Crippen molar-refractivity contribution in [2.24, 2.45) is 0 Å². The molecule has 2 aromatic rings. The third kappa shape index (κ3) is 9.06. The molecular formula is C25H34O7. The highest BCUT2D eigenvalue weighted by molar-refractivity contribution is 5.90. The number of carbonyl (C=O) groups is 1. The summed E-state index contributed by atoms with van der Waals surface area (Å²) in [7, 11) is 0. The molecule has 176 valence electrons. The maximum atomic E-state index is 12.1. The van der Waals surface area contributed by atoms with Crippen LogP contribution in [-0.4, -0.2) is 45.2 Å². The summed E-state index contributed by atoms with van der Waals surface area (Å²) >= 11 is 0. The molecule has 2 rings (SSSR count). The van der Waals surface area contributed by atoms with E-state index >= 15 is 0 Å². The zero-order valence-electron chi connectivity index (χ0n) is 19.2. The van der Waals surface area contributed by atoms with E-state index in [9.17, 15) is 4.79 Å². The van der Waals surface area contributed by atoms with E-state index in [-0.39, 0.29) is 5.97 Å². The lowest BCUT2D eigenvalue weighted by Gasteiger charge is -2.31. The van der Waals surface area contributed by atoms with Gasteiger partial charge in [0.1, 0.15) is 5.75 Å². The Morgan fingerprint density at radius 1 is 0.750 bits per heavy atom. The molecule has 32 heavy (non-hydrogen) atoms. The first-order chi connectivity index (χ1) is 15.6. The van der Waals surface area contributed by atoms with E-state index in [4.69, 9.17) is 28.4 Å². The van der Waals surface area contributed by atoms with Crippen LogP contribution in [-0.2, 0) is 30.3 Å². The molecule has 0 amide bonds. The number of ether oxygens (including phenoxy) is 6. The van der Waals surface area contributed by atoms with Crippen molar-refractivity contribution in [3.63, 3.8) is 0 Å². The van der Waals surface area contributed by atoms with E-state index in [1.54, 1.807) is 36.4 Å². The molecule has 7 nitrogen and oxygen atoms in total. The number of rotatable bonds is 16. The van der Waals surface area contributed by atoms with E-state index < -0.39 is 6.16 Å². The Labute approximate surface area is 190 Å². The molecule has 2 aromatic carbocycles. The molecule has 0 radical (unpaired) electrons. The molecule has 0 fully saturated rings. The Bertz CT molecular complexity index is 745. The van der Waals surface area contributed by atoms with Gasteiger partial charge in [0.25, 0.3) is 0 Å². The molecule has 7 heteroatoms. The van der Waals surface area contributed by atoms with E-state index in [0.717, 1.165) is 18.4 Å². The number of unbranched alkanes of at least 4 members (excludes halogenated alkanes) is 1. The van der Waals surface area contributed by atoms with Crippen LogP contribution >= 0.6 is 0 Å². The van der Waals surface area contributed by atoms with Crippen molar-refractivity contribution in [3.8, 4) is 5.75 Å². The lowest BCUT2D eigenvalue weighted by molar-refractivity contribution is -0.496. The normalized spacial score (nSPS) is 11.5. The van der Waals surface area contributed by atoms with Gasteiger partial charge in [-0.25, -0.2) is 4.79 Å². The molecule has 0 N–H and O–H groups in total. The minimum atomic E-state index is -1.43. The summed E-state index contributed by atoms with van der Waals surface area (Å²) in [6.45, 7) is 8.38. The summed E-state index contributed by atoms with van der Waals surface area (Å²) in [4.78, 5) is 12.1. The molecule has 0 aliphatic carbocycles. The second kappa shape index (κ2) is 14.7. The highest BCUT2D eigenvalue weighted by Gasteiger charge is 2.34. The number of hydrogen-bond donors (Lipinski definition) is 0. The Morgan fingerprint density at radius 3 is 1.94 bits per heavy atom. The van der Waals surface area contributed by atoms with Gasteiger partial charge >= 0.3 is 12.1 Å². The summed E-state index contributed by atoms with van der Waals surface area (Å²) in [5.74, 6) is 0.125. The van der Waals surface area contributed by atoms with Crippen molar-refractivity contribution in [3.05, 3.63) is 65.7 Å². The molecule has 0 spiro atoms. The molecule has 0 unspecified atom stereocenters. The second-order valence-electron chi connectivity index (χ2n) is 6.81. The third-order valence-electron chi connectivity index (χ3n) is 4.34. The van der Waals surface area contributed by atoms with Gasteiger partial charge in [0.15, 0.2) is 0 Å². The largest absolute Gasteiger partial charge is 0.423 e. The molecule has 0 aromatic heterocycles. The first kappa shape index (κ1) is 26.0. The van der Waals surface area contributed by atoms with Crippen molar-refractivity contribution in [1.82, 2.24) is 0 Å². The van der Waals surface area contributed by atoms with Crippen LogP contribution in [0.5, 0.6) is 5.75 Å². The van der Waals surface area contributed by atoms with Gasteiger partial charge in [-0.15, -0.1) is 0 Å². The fourth-order valence-corrected chi connectivity index (χ4v) is 2.87. The standard InChI is InChI=1S/C25H34O7/c1-4-28-25(29-5-2,30-6-3)31-19-11-10-18-27-20-21-14-16-23(17-15-21)32-24(26)22-12-8-7-9-13-22/h7-9,12-17H,4-6,10-11,18-20H2,1-3H3. The van der Waals surface area contributed by atoms with Crippen molar-refractivity contribution < 1.29 is 33.2 Å². The van der Waals surface area contributed by atoms with Crippen LogP contribution in [0.25, 0.3) is 0 Å². The van der Waals surface area contributed by atoms with Gasteiger partial charge in [-0.05, 0) is 63.4 Å². The summed E-state index contributed by atoms with van der Waals surface area (Å²) < 4.78 is 33.4. The van der Waals surface area contributed by atoms with E-state index in [2.05, 4.69) is 0 Å². The maximum absolute atomic E-state index is 12.1. The van der Waals surface area contributed by atoms with Crippen LogP contribution in [0, 0.1) is 0 Å². The van der Waals surface area contributed by atoms with Crippen molar-refractivity contribution in [2.45, 2.75) is 46.4 Å². The van der Waals surface area contributed by atoms with Crippen LogP contribution in [0.15, 0.2) is 54.6 Å². The van der Waals surface area contributed by atoms with Gasteiger partial charge in [-0.2, -0.15) is 0 Å². The molecule has 0 aliphatic heterocycles. The second-order valence-corrected chi connectivity index (χ2v) is 6.81. The SMILES string of the molecule is CCOC(OCC)(OCC)OCCCCOCc1ccc(OC(=O)c2ccccc2)cc1. The number of benzene rings is 2.